The minimum absolute atomic E-state index is 0.0337. The van der Waals surface area contributed by atoms with Gasteiger partial charge < -0.3 is 14.3 Å². The summed E-state index contributed by atoms with van der Waals surface area (Å²) in [6.45, 7) is 3.82. The number of furan rings is 1. The number of aryl methyl sites for hydroxylation is 1. The second kappa shape index (κ2) is 7.57. The standard InChI is InChI=1S/C25H20ClNO5/c1-13-5-7-17(12-18(13)26)27-22(20-4-3-9-31-20)21(24(29)25(27)30)23(28)15-6-8-19-16(11-15)10-14(2)32-19/h3-9,11-12,14,22,28H,10H2,1-2H3/b23-21-. The number of carbonyl (C=O) groups excluding carboxylic acids is 2. The van der Waals surface area contributed by atoms with Crippen LogP contribution in [0.25, 0.3) is 5.76 Å². The number of ketones is 1. The van der Waals surface area contributed by atoms with Crippen molar-refractivity contribution in [1.82, 2.24) is 0 Å². The number of anilines is 1. The molecule has 3 heterocycles. The Balaban J connectivity index is 1.67. The largest absolute Gasteiger partial charge is 0.507 e. The maximum Gasteiger partial charge on any atom is 0.300 e. The van der Waals surface area contributed by atoms with E-state index in [0.717, 1.165) is 16.9 Å². The van der Waals surface area contributed by atoms with Crippen LogP contribution in [0.15, 0.2) is 64.8 Å². The monoisotopic (exact) mass is 449 g/mol. The van der Waals surface area contributed by atoms with Crippen LogP contribution in [-0.4, -0.2) is 22.9 Å². The molecular weight excluding hydrogens is 430 g/mol. The number of aliphatic hydroxyl groups is 1. The van der Waals surface area contributed by atoms with E-state index in [1.807, 2.05) is 13.8 Å². The zero-order valence-corrected chi connectivity index (χ0v) is 18.2. The Morgan fingerprint density at radius 3 is 2.69 bits per heavy atom. The lowest BCUT2D eigenvalue weighted by molar-refractivity contribution is -0.132. The number of nitrogens with zero attached hydrogens (tertiary/aromatic N) is 1. The summed E-state index contributed by atoms with van der Waals surface area (Å²) in [7, 11) is 0. The third-order valence-electron chi connectivity index (χ3n) is 5.86. The average Bonchev–Trinajstić information content (AvgIpc) is 3.47. The molecule has 0 saturated carbocycles. The second-order valence-corrected chi connectivity index (χ2v) is 8.48. The lowest BCUT2D eigenvalue weighted by Crippen LogP contribution is -2.29. The van der Waals surface area contributed by atoms with E-state index >= 15 is 0 Å². The number of ether oxygens (including phenoxy) is 1. The number of carbonyl (C=O) groups is 2. The van der Waals surface area contributed by atoms with Gasteiger partial charge in [0.2, 0.25) is 0 Å². The van der Waals surface area contributed by atoms with Gasteiger partial charge in [0, 0.05) is 22.7 Å². The maximum absolute atomic E-state index is 13.1. The van der Waals surface area contributed by atoms with Gasteiger partial charge in [-0.2, -0.15) is 0 Å². The molecule has 2 aromatic carbocycles. The molecule has 7 heteroatoms. The third kappa shape index (κ3) is 3.19. The Hall–Kier alpha value is -3.51. The van der Waals surface area contributed by atoms with Gasteiger partial charge in [-0.05, 0) is 67.4 Å². The molecule has 0 aliphatic carbocycles. The van der Waals surface area contributed by atoms with E-state index in [1.54, 1.807) is 48.5 Å². The molecule has 162 valence electrons. The van der Waals surface area contributed by atoms with E-state index in [-0.39, 0.29) is 17.4 Å². The molecule has 1 fully saturated rings. The van der Waals surface area contributed by atoms with Crippen molar-refractivity contribution in [3.05, 3.63) is 87.8 Å². The van der Waals surface area contributed by atoms with Gasteiger partial charge in [-0.3, -0.25) is 14.5 Å². The summed E-state index contributed by atoms with van der Waals surface area (Å²) in [5.74, 6) is -0.684. The van der Waals surface area contributed by atoms with E-state index in [2.05, 4.69) is 0 Å². The van der Waals surface area contributed by atoms with Crippen LogP contribution in [0.1, 0.15) is 35.4 Å². The highest BCUT2D eigenvalue weighted by Gasteiger charge is 2.48. The predicted octanol–water partition coefficient (Wildman–Crippen LogP) is 5.19. The number of hydrogen-bond acceptors (Lipinski definition) is 5. The first-order chi connectivity index (χ1) is 15.3. The van der Waals surface area contributed by atoms with Crippen LogP contribution < -0.4 is 9.64 Å². The first-order valence-corrected chi connectivity index (χ1v) is 10.6. The SMILES string of the molecule is Cc1ccc(N2C(=O)C(=O)/C(=C(\O)c3ccc4c(c3)CC(C)O4)C2c2ccco2)cc1Cl. The number of fused-ring (bicyclic) bond motifs is 1. The minimum atomic E-state index is -0.924. The van der Waals surface area contributed by atoms with Gasteiger partial charge in [-0.1, -0.05) is 17.7 Å². The molecule has 0 radical (unpaired) electrons. The first kappa shape index (κ1) is 20.4. The number of halogens is 1. The fraction of sp³-hybridized carbons (Fsp3) is 0.200. The van der Waals surface area contributed by atoms with Gasteiger partial charge in [0.25, 0.3) is 11.7 Å². The number of Topliss-reactive ketones (excluding diaryl/α,β-unsaturated/α-hetero) is 1. The molecule has 2 aliphatic rings. The van der Waals surface area contributed by atoms with Crippen molar-refractivity contribution in [2.75, 3.05) is 4.90 Å². The Kier molecular flexibility index (Phi) is 4.82. The minimum Gasteiger partial charge on any atom is -0.507 e. The number of benzene rings is 2. The molecule has 2 aliphatic heterocycles. The zero-order valence-electron chi connectivity index (χ0n) is 17.5. The van der Waals surface area contributed by atoms with Crippen molar-refractivity contribution in [3.63, 3.8) is 0 Å². The molecule has 3 aromatic rings. The van der Waals surface area contributed by atoms with E-state index in [0.29, 0.717) is 28.5 Å². The van der Waals surface area contributed by atoms with Crippen LogP contribution >= 0.6 is 11.6 Å². The fourth-order valence-corrected chi connectivity index (χ4v) is 4.45. The lowest BCUT2D eigenvalue weighted by atomic mass is 9.97. The molecule has 1 saturated heterocycles. The highest BCUT2D eigenvalue weighted by molar-refractivity contribution is 6.51. The summed E-state index contributed by atoms with van der Waals surface area (Å²) in [6, 6.07) is 12.8. The summed E-state index contributed by atoms with van der Waals surface area (Å²) in [5.41, 5.74) is 2.64. The second-order valence-electron chi connectivity index (χ2n) is 8.07. The molecule has 0 bridgehead atoms. The van der Waals surface area contributed by atoms with Gasteiger partial charge in [-0.15, -0.1) is 0 Å². The summed E-state index contributed by atoms with van der Waals surface area (Å²) < 4.78 is 11.3. The summed E-state index contributed by atoms with van der Waals surface area (Å²) in [5, 5.41) is 11.7. The van der Waals surface area contributed by atoms with Gasteiger partial charge >= 0.3 is 0 Å². The molecule has 2 atom stereocenters. The van der Waals surface area contributed by atoms with Crippen LogP contribution in [0.5, 0.6) is 5.75 Å². The Labute approximate surface area is 189 Å². The number of rotatable bonds is 3. The van der Waals surface area contributed by atoms with Gasteiger partial charge in [-0.25, -0.2) is 0 Å². The van der Waals surface area contributed by atoms with E-state index in [9.17, 15) is 14.7 Å². The molecular formula is C25H20ClNO5. The van der Waals surface area contributed by atoms with Crippen molar-refractivity contribution in [2.45, 2.75) is 32.4 Å². The quantitative estimate of drug-likeness (QED) is 0.338. The average molecular weight is 450 g/mol. The zero-order chi connectivity index (χ0) is 22.6. The highest BCUT2D eigenvalue weighted by atomic mass is 35.5. The van der Waals surface area contributed by atoms with Crippen LogP contribution in [0.2, 0.25) is 5.02 Å². The van der Waals surface area contributed by atoms with Crippen LogP contribution in [0.4, 0.5) is 5.69 Å². The van der Waals surface area contributed by atoms with Gasteiger partial charge in [0.05, 0.1) is 11.8 Å². The van der Waals surface area contributed by atoms with Crippen molar-refractivity contribution in [2.24, 2.45) is 0 Å². The molecule has 1 aromatic heterocycles. The van der Waals surface area contributed by atoms with Crippen molar-refractivity contribution in [1.29, 1.82) is 0 Å². The van der Waals surface area contributed by atoms with Crippen molar-refractivity contribution in [3.8, 4) is 5.75 Å². The van der Waals surface area contributed by atoms with Crippen LogP contribution in [-0.2, 0) is 16.0 Å². The Bertz CT molecular complexity index is 1280. The Morgan fingerprint density at radius 2 is 1.97 bits per heavy atom. The van der Waals surface area contributed by atoms with Crippen LogP contribution in [0, 0.1) is 6.92 Å². The predicted molar refractivity (Wildman–Crippen MR) is 120 cm³/mol. The van der Waals surface area contributed by atoms with Gasteiger partial charge in [0.15, 0.2) is 0 Å². The lowest BCUT2D eigenvalue weighted by Gasteiger charge is -2.23. The normalized spacial score (nSPS) is 21.7. The van der Waals surface area contributed by atoms with E-state index in [4.69, 9.17) is 20.8 Å². The maximum atomic E-state index is 13.1. The Morgan fingerprint density at radius 1 is 1.16 bits per heavy atom. The molecule has 0 spiro atoms. The van der Waals surface area contributed by atoms with Crippen LogP contribution in [0.3, 0.4) is 0 Å². The molecule has 2 unspecified atom stereocenters. The molecule has 1 N–H and O–H groups in total. The summed E-state index contributed by atoms with van der Waals surface area (Å²) >= 11 is 6.29. The number of amides is 1. The van der Waals surface area contributed by atoms with Crippen molar-refractivity contribution < 1.29 is 23.8 Å². The fourth-order valence-electron chi connectivity index (χ4n) is 4.27. The third-order valence-corrected chi connectivity index (χ3v) is 6.27. The van der Waals surface area contributed by atoms with E-state index < -0.39 is 17.7 Å². The smallest absolute Gasteiger partial charge is 0.300 e. The first-order valence-electron chi connectivity index (χ1n) is 10.3. The molecule has 6 nitrogen and oxygen atoms in total. The summed E-state index contributed by atoms with van der Waals surface area (Å²) in [6.07, 6.45) is 2.21. The van der Waals surface area contributed by atoms with Gasteiger partial charge in [0.1, 0.15) is 29.4 Å². The van der Waals surface area contributed by atoms with Crippen molar-refractivity contribution >= 4 is 34.7 Å². The summed E-state index contributed by atoms with van der Waals surface area (Å²) in [4.78, 5) is 27.6. The molecule has 1 amide bonds. The molecule has 32 heavy (non-hydrogen) atoms. The topological polar surface area (TPSA) is 80.0 Å². The number of aliphatic hydroxyl groups excluding tert-OH is 1. The van der Waals surface area contributed by atoms with E-state index in [1.165, 1.54) is 11.2 Å². The number of hydrogen-bond donors (Lipinski definition) is 1. The highest BCUT2D eigenvalue weighted by Crippen LogP contribution is 2.43. The molecule has 5 rings (SSSR count).